The molecule has 2 aliphatic rings. The molecule has 2 saturated heterocycles. The maximum atomic E-state index is 4.90. The second-order valence-electron chi connectivity index (χ2n) is 15.3. The van der Waals surface area contributed by atoms with E-state index in [0.29, 0.717) is 12.1 Å². The van der Waals surface area contributed by atoms with Crippen LogP contribution < -0.4 is 15.1 Å². The number of likely N-dealkylation sites (N-methyl/N-ethyl adjacent to an activating group) is 4. The van der Waals surface area contributed by atoms with Crippen LogP contribution in [0.1, 0.15) is 19.8 Å². The number of hydrogen-bond donors (Lipinski definition) is 1. The first-order chi connectivity index (χ1) is 27.4. The molecule has 4 heterocycles. The van der Waals surface area contributed by atoms with Gasteiger partial charge in [0, 0.05) is 88.0 Å². The predicted molar refractivity (Wildman–Crippen MR) is 234 cm³/mol. The highest BCUT2D eigenvalue weighted by atomic mass is 15.3. The van der Waals surface area contributed by atoms with Gasteiger partial charge in [0.05, 0.1) is 11.4 Å². The first kappa shape index (κ1) is 39.2. The summed E-state index contributed by atoms with van der Waals surface area (Å²) in [4.78, 5) is 30.8. The Morgan fingerprint density at radius 3 is 1.57 bits per heavy atom. The van der Waals surface area contributed by atoms with Crippen LogP contribution in [0.25, 0.3) is 44.1 Å². The summed E-state index contributed by atoms with van der Waals surface area (Å²) in [5, 5.41) is 8.21. The number of hydrogen-bond acceptors (Lipinski definition) is 10. The molecule has 0 bridgehead atoms. The van der Waals surface area contributed by atoms with E-state index in [2.05, 4.69) is 153 Å². The quantitative estimate of drug-likeness (QED) is 0.137. The second-order valence-corrected chi connectivity index (χ2v) is 15.3. The number of nitrogens with zero attached hydrogens (tertiary/aromatic N) is 9. The van der Waals surface area contributed by atoms with Crippen LogP contribution in [-0.4, -0.2) is 134 Å². The minimum absolute atomic E-state index is 0.561. The Morgan fingerprint density at radius 2 is 1.09 bits per heavy atom. The van der Waals surface area contributed by atoms with Crippen molar-refractivity contribution >= 4 is 33.4 Å². The van der Waals surface area contributed by atoms with Crippen LogP contribution in [0.2, 0.25) is 0 Å². The van der Waals surface area contributed by atoms with Gasteiger partial charge in [-0.3, -0.25) is 0 Å². The highest BCUT2D eigenvalue weighted by Gasteiger charge is 2.28. The Hall–Kier alpha value is -5.00. The van der Waals surface area contributed by atoms with Crippen molar-refractivity contribution in [1.29, 1.82) is 0 Å². The van der Waals surface area contributed by atoms with Gasteiger partial charge in [-0.15, -0.1) is 0 Å². The first-order valence-electron chi connectivity index (χ1n) is 20.3. The molecule has 0 spiro atoms. The molecule has 2 atom stereocenters. The molecule has 1 N–H and O–H groups in total. The van der Waals surface area contributed by atoms with Gasteiger partial charge in [0.15, 0.2) is 0 Å². The number of fused-ring (bicyclic) bond motifs is 2. The summed E-state index contributed by atoms with van der Waals surface area (Å²) in [6, 6.07) is 35.1. The van der Waals surface area contributed by atoms with Crippen molar-refractivity contribution in [2.45, 2.75) is 31.8 Å². The van der Waals surface area contributed by atoms with Crippen molar-refractivity contribution in [3.63, 3.8) is 0 Å². The fraction of sp³-hybridized carbons (Fsp3) is 0.391. The van der Waals surface area contributed by atoms with Gasteiger partial charge in [-0.2, -0.15) is 0 Å². The zero-order valence-corrected chi connectivity index (χ0v) is 33.9. The SMILES string of the molecule is CCN(C)CCN(C)[C@@H]1CCN(c2nccc(-c3ccc4ccccc4c3)n2)C1.CNCCN(C)[C@@H]1CCN(c2nccc(-c3ccc4ccccc4c3)n2)C1. The van der Waals surface area contributed by atoms with E-state index in [1.54, 1.807) is 0 Å². The average molecular weight is 751 g/mol. The number of rotatable bonds is 13. The van der Waals surface area contributed by atoms with Crippen LogP contribution in [0.15, 0.2) is 109 Å². The molecule has 10 heteroatoms. The Labute approximate surface area is 333 Å². The fourth-order valence-corrected chi connectivity index (χ4v) is 7.73. The normalized spacial score (nSPS) is 17.1. The number of nitrogens with one attached hydrogen (secondary N) is 1. The van der Waals surface area contributed by atoms with Crippen LogP contribution in [-0.2, 0) is 0 Å². The van der Waals surface area contributed by atoms with E-state index >= 15 is 0 Å². The van der Waals surface area contributed by atoms with Gasteiger partial charge in [0.25, 0.3) is 0 Å². The minimum atomic E-state index is 0.561. The lowest BCUT2D eigenvalue weighted by atomic mass is 10.1. The zero-order chi connectivity index (χ0) is 38.9. The van der Waals surface area contributed by atoms with Crippen LogP contribution in [0.4, 0.5) is 11.9 Å². The van der Waals surface area contributed by atoms with Gasteiger partial charge in [-0.1, -0.05) is 79.7 Å². The third-order valence-corrected chi connectivity index (χ3v) is 11.6. The maximum Gasteiger partial charge on any atom is 0.225 e. The molecule has 4 aromatic carbocycles. The van der Waals surface area contributed by atoms with Crippen molar-refractivity contribution in [1.82, 2.24) is 40.0 Å². The van der Waals surface area contributed by atoms with Crippen LogP contribution >= 0.6 is 0 Å². The van der Waals surface area contributed by atoms with Crippen molar-refractivity contribution in [3.05, 3.63) is 109 Å². The smallest absolute Gasteiger partial charge is 0.225 e. The number of aromatic nitrogens is 4. The highest BCUT2D eigenvalue weighted by molar-refractivity contribution is 5.87. The largest absolute Gasteiger partial charge is 0.339 e. The van der Waals surface area contributed by atoms with E-state index < -0.39 is 0 Å². The average Bonchev–Trinajstić information content (AvgIpc) is 3.97. The van der Waals surface area contributed by atoms with Crippen LogP contribution in [0.5, 0.6) is 0 Å². The predicted octanol–water partition coefficient (Wildman–Crippen LogP) is 6.79. The van der Waals surface area contributed by atoms with Crippen molar-refractivity contribution in [2.75, 3.05) is 96.9 Å². The molecule has 8 rings (SSSR count). The third kappa shape index (κ3) is 9.68. The van der Waals surface area contributed by atoms with Crippen molar-refractivity contribution in [3.8, 4) is 22.5 Å². The van der Waals surface area contributed by atoms with Gasteiger partial charge in [-0.05, 0) is 93.4 Å². The monoisotopic (exact) mass is 750 g/mol. The van der Waals surface area contributed by atoms with E-state index in [0.717, 1.165) is 106 Å². The van der Waals surface area contributed by atoms with Gasteiger partial charge in [0.1, 0.15) is 0 Å². The van der Waals surface area contributed by atoms with Crippen LogP contribution in [0.3, 0.4) is 0 Å². The van der Waals surface area contributed by atoms with Crippen LogP contribution in [0, 0.1) is 0 Å². The molecular weight excluding hydrogens is 693 g/mol. The molecule has 56 heavy (non-hydrogen) atoms. The van der Waals surface area contributed by atoms with E-state index in [4.69, 9.17) is 9.97 Å². The summed E-state index contributed by atoms with van der Waals surface area (Å²) < 4.78 is 0. The summed E-state index contributed by atoms with van der Waals surface area (Å²) >= 11 is 0. The molecule has 292 valence electrons. The van der Waals surface area contributed by atoms with Crippen molar-refractivity contribution < 1.29 is 0 Å². The van der Waals surface area contributed by atoms with E-state index in [1.165, 1.54) is 21.5 Å². The van der Waals surface area contributed by atoms with Crippen molar-refractivity contribution in [2.24, 2.45) is 0 Å². The van der Waals surface area contributed by atoms with Gasteiger partial charge in [-0.25, -0.2) is 19.9 Å². The fourth-order valence-electron chi connectivity index (χ4n) is 7.73. The Bertz CT molecular complexity index is 2170. The Morgan fingerprint density at radius 1 is 0.607 bits per heavy atom. The molecule has 6 aromatic rings. The standard InChI is InChI=1S/C24H31N5.C22H27N5/c1-4-27(2)15-16-28(3)22-12-14-29(18-22)24-25-13-11-23(26-24)21-10-9-19-7-5-6-8-20(19)17-21;1-23-12-14-26(2)20-10-13-27(16-20)22-24-11-9-21(25-22)19-8-7-17-5-3-4-6-18(17)15-19/h5-11,13,17,22H,4,12,14-16,18H2,1-3H3;3-9,11,15,20,23H,10,12-14,16H2,1-2H3/t22-;20-/m11/s1. The second kappa shape index (κ2) is 18.8. The molecule has 0 radical (unpaired) electrons. The van der Waals surface area contributed by atoms with Gasteiger partial charge >= 0.3 is 0 Å². The van der Waals surface area contributed by atoms with E-state index in [9.17, 15) is 0 Å². The van der Waals surface area contributed by atoms with Gasteiger partial charge < -0.3 is 29.8 Å². The molecule has 10 nitrogen and oxygen atoms in total. The summed E-state index contributed by atoms with van der Waals surface area (Å²) in [7, 11) is 8.63. The van der Waals surface area contributed by atoms with E-state index in [-0.39, 0.29) is 0 Å². The molecule has 0 saturated carbocycles. The summed E-state index contributed by atoms with van der Waals surface area (Å²) in [6.07, 6.45) is 6.09. The van der Waals surface area contributed by atoms with E-state index in [1.807, 2.05) is 31.6 Å². The number of anilines is 2. The lowest BCUT2D eigenvalue weighted by molar-refractivity contribution is 0.219. The molecule has 0 aliphatic carbocycles. The summed E-state index contributed by atoms with van der Waals surface area (Å²) in [6.45, 7) is 11.6. The molecule has 2 aliphatic heterocycles. The number of benzene rings is 4. The Balaban J connectivity index is 0.000000172. The summed E-state index contributed by atoms with van der Waals surface area (Å²) in [5.74, 6) is 1.68. The van der Waals surface area contributed by atoms with Gasteiger partial charge in [0.2, 0.25) is 11.9 Å². The molecule has 0 unspecified atom stereocenters. The molecule has 0 amide bonds. The molecule has 2 fully saturated rings. The zero-order valence-electron chi connectivity index (χ0n) is 33.9. The highest BCUT2D eigenvalue weighted by Crippen LogP contribution is 2.27. The maximum absolute atomic E-state index is 4.90. The Kier molecular flexibility index (Phi) is 13.1. The first-order valence-corrected chi connectivity index (χ1v) is 20.3. The lowest BCUT2D eigenvalue weighted by Gasteiger charge is -2.26. The summed E-state index contributed by atoms with van der Waals surface area (Å²) in [5.41, 5.74) is 4.25. The molecular formula is C46H58N10. The minimum Gasteiger partial charge on any atom is -0.339 e. The lowest BCUT2D eigenvalue weighted by Crippen LogP contribution is -2.39. The third-order valence-electron chi connectivity index (χ3n) is 11.6. The molecule has 2 aromatic heterocycles. The topological polar surface area (TPSA) is 79.8 Å².